The molecule has 0 aromatic heterocycles. The number of rotatable bonds is 6. The number of anilines is 3. The van der Waals surface area contributed by atoms with Crippen LogP contribution in [0.25, 0.3) is 44.2 Å². The molecule has 0 saturated heterocycles. The van der Waals surface area contributed by atoms with Crippen molar-refractivity contribution in [3.05, 3.63) is 170 Å². The molecule has 7 rings (SSSR count). The van der Waals surface area contributed by atoms with Gasteiger partial charge in [-0.15, -0.1) is 0 Å². The highest BCUT2D eigenvalue weighted by atomic mass is 15.1. The van der Waals surface area contributed by atoms with E-state index in [0.29, 0.717) is 0 Å². The fourth-order valence-electron chi connectivity index (χ4n) is 5.65. The van der Waals surface area contributed by atoms with Gasteiger partial charge in [0.2, 0.25) is 0 Å². The van der Waals surface area contributed by atoms with E-state index < -0.39 is 0 Å². The molecule has 7 aromatic carbocycles. The summed E-state index contributed by atoms with van der Waals surface area (Å²) in [5, 5.41) is 2.50. The average Bonchev–Trinajstić information content (AvgIpc) is 3.06. The Labute approximate surface area is 248 Å². The number of para-hydroxylation sites is 1. The minimum atomic E-state index is 0.751. The van der Waals surface area contributed by atoms with Crippen LogP contribution in [0, 0.1) is 0 Å². The van der Waals surface area contributed by atoms with Gasteiger partial charge in [-0.2, -0.15) is 0 Å². The van der Waals surface area contributed by atoms with E-state index in [9.17, 15) is 0 Å². The maximum Gasteiger partial charge on any atom is 0.113 e. The topological polar surface area (TPSA) is 3.24 Å². The predicted octanol–water partition coefficient (Wildman–Crippen LogP) is 10.1. The fraction of sp³-hybridized carbons (Fsp3) is 0. The van der Waals surface area contributed by atoms with Crippen LogP contribution < -0.4 is 10.4 Å². The first-order valence-electron chi connectivity index (χ1n) is 14.2. The second-order valence-electron chi connectivity index (χ2n) is 10.5. The van der Waals surface area contributed by atoms with Crippen molar-refractivity contribution in [1.29, 1.82) is 0 Å². The first-order valence-corrected chi connectivity index (χ1v) is 14.2. The van der Waals surface area contributed by atoms with Crippen LogP contribution in [0.15, 0.2) is 170 Å². The Hall–Kier alpha value is -5.34. The van der Waals surface area contributed by atoms with E-state index in [-0.39, 0.29) is 0 Å². The molecular weight excluding hydrogens is 505 g/mol. The van der Waals surface area contributed by atoms with Crippen molar-refractivity contribution >= 4 is 41.1 Å². The zero-order valence-corrected chi connectivity index (χ0v) is 23.2. The normalized spacial score (nSPS) is 11.0. The second kappa shape index (κ2) is 11.3. The molecule has 0 fully saturated rings. The molecule has 0 atom stereocenters. The first kappa shape index (κ1) is 25.6. The summed E-state index contributed by atoms with van der Waals surface area (Å²) < 4.78 is 0. The lowest BCUT2D eigenvalue weighted by Crippen LogP contribution is -2.11. The summed E-state index contributed by atoms with van der Waals surface area (Å²) in [6, 6.07) is 59.9. The Bertz CT molecular complexity index is 1980. The summed E-state index contributed by atoms with van der Waals surface area (Å²) in [7, 11) is 6.21. The molecule has 42 heavy (non-hydrogen) atoms. The molecule has 0 aliphatic rings. The summed E-state index contributed by atoms with van der Waals surface area (Å²) in [4.78, 5) is 2.33. The molecule has 7 aromatic rings. The molecule has 0 unspecified atom stereocenters. The Morgan fingerprint density at radius 2 is 0.905 bits per heavy atom. The van der Waals surface area contributed by atoms with Crippen LogP contribution in [-0.4, -0.2) is 7.85 Å². The van der Waals surface area contributed by atoms with Gasteiger partial charge in [-0.1, -0.05) is 139 Å². The summed E-state index contributed by atoms with van der Waals surface area (Å²) in [5.74, 6) is 0. The third-order valence-corrected chi connectivity index (χ3v) is 7.78. The highest BCUT2D eigenvalue weighted by Gasteiger charge is 2.17. The van der Waals surface area contributed by atoms with Gasteiger partial charge in [0.15, 0.2) is 0 Å². The van der Waals surface area contributed by atoms with E-state index in [1.54, 1.807) is 0 Å². The van der Waals surface area contributed by atoms with Gasteiger partial charge in [-0.25, -0.2) is 0 Å². The standard InChI is InChI=1S/C40H28BN/c41-36-14-8-13-35(28-36)39-15-6-7-16-40(39)42(37-23-19-31(20-24-37)29-9-2-1-3-10-29)38-25-21-32(22-26-38)34-18-17-30-11-4-5-12-33(30)27-34/h1-28H. The minimum absolute atomic E-state index is 0.751. The van der Waals surface area contributed by atoms with Crippen LogP contribution in [0.1, 0.15) is 0 Å². The highest BCUT2D eigenvalue weighted by Crippen LogP contribution is 2.41. The smallest absolute Gasteiger partial charge is 0.113 e. The molecule has 0 N–H and O–H groups in total. The van der Waals surface area contributed by atoms with Gasteiger partial charge < -0.3 is 4.90 Å². The molecule has 196 valence electrons. The summed E-state index contributed by atoms with van der Waals surface area (Å²) in [6.07, 6.45) is 0. The van der Waals surface area contributed by atoms with Crippen molar-refractivity contribution in [1.82, 2.24) is 0 Å². The summed E-state index contributed by atoms with van der Waals surface area (Å²) >= 11 is 0. The van der Waals surface area contributed by atoms with Crippen molar-refractivity contribution in [2.24, 2.45) is 0 Å². The first-order chi connectivity index (χ1) is 20.7. The quantitative estimate of drug-likeness (QED) is 0.192. The highest BCUT2D eigenvalue weighted by molar-refractivity contribution is 6.32. The Kier molecular flexibility index (Phi) is 6.88. The zero-order valence-electron chi connectivity index (χ0n) is 23.2. The van der Waals surface area contributed by atoms with E-state index in [1.165, 1.54) is 33.0 Å². The van der Waals surface area contributed by atoms with Crippen LogP contribution in [0.3, 0.4) is 0 Å². The van der Waals surface area contributed by atoms with E-state index in [1.807, 2.05) is 18.2 Å². The Morgan fingerprint density at radius 1 is 0.357 bits per heavy atom. The van der Waals surface area contributed by atoms with E-state index >= 15 is 0 Å². The van der Waals surface area contributed by atoms with E-state index in [4.69, 9.17) is 7.85 Å². The second-order valence-corrected chi connectivity index (χ2v) is 10.5. The maximum atomic E-state index is 6.21. The Balaban J connectivity index is 1.33. The van der Waals surface area contributed by atoms with Crippen LogP contribution in [0.4, 0.5) is 17.1 Å². The maximum absolute atomic E-state index is 6.21. The fourth-order valence-corrected chi connectivity index (χ4v) is 5.65. The molecule has 0 bridgehead atoms. The summed E-state index contributed by atoms with van der Waals surface area (Å²) in [5.41, 5.74) is 11.0. The van der Waals surface area contributed by atoms with Gasteiger partial charge in [0.25, 0.3) is 0 Å². The average molecular weight is 533 g/mol. The lowest BCUT2D eigenvalue weighted by molar-refractivity contribution is 1.28. The zero-order chi connectivity index (χ0) is 28.3. The molecule has 0 spiro atoms. The number of hydrogen-bond donors (Lipinski definition) is 0. The molecule has 0 aliphatic carbocycles. The van der Waals surface area contributed by atoms with Crippen LogP contribution in [-0.2, 0) is 0 Å². The van der Waals surface area contributed by atoms with Gasteiger partial charge >= 0.3 is 0 Å². The molecule has 0 saturated carbocycles. The summed E-state index contributed by atoms with van der Waals surface area (Å²) in [6.45, 7) is 0. The van der Waals surface area contributed by atoms with Crippen molar-refractivity contribution < 1.29 is 0 Å². The number of nitrogens with zero attached hydrogens (tertiary/aromatic N) is 1. The third kappa shape index (κ3) is 5.11. The van der Waals surface area contributed by atoms with Crippen molar-refractivity contribution in [3.63, 3.8) is 0 Å². The van der Waals surface area contributed by atoms with Crippen LogP contribution >= 0.6 is 0 Å². The molecule has 0 aliphatic heterocycles. The van der Waals surface area contributed by atoms with Gasteiger partial charge in [0, 0.05) is 16.9 Å². The number of hydrogen-bond acceptors (Lipinski definition) is 1. The number of benzene rings is 7. The lowest BCUT2D eigenvalue weighted by atomic mass is 9.91. The van der Waals surface area contributed by atoms with Gasteiger partial charge in [-0.3, -0.25) is 0 Å². The predicted molar refractivity (Wildman–Crippen MR) is 180 cm³/mol. The monoisotopic (exact) mass is 533 g/mol. The number of fused-ring (bicyclic) bond motifs is 1. The molecule has 2 radical (unpaired) electrons. The molecule has 0 amide bonds. The van der Waals surface area contributed by atoms with Crippen LogP contribution in [0.5, 0.6) is 0 Å². The van der Waals surface area contributed by atoms with Crippen LogP contribution in [0.2, 0.25) is 0 Å². The lowest BCUT2D eigenvalue weighted by Gasteiger charge is -2.28. The SMILES string of the molecule is [B]c1cccc(-c2ccccc2N(c2ccc(-c3ccccc3)cc2)c2ccc(-c3ccc4ccccc4c3)cc2)c1. The largest absolute Gasteiger partial charge is 0.310 e. The Morgan fingerprint density at radius 3 is 1.62 bits per heavy atom. The molecule has 2 heteroatoms. The third-order valence-electron chi connectivity index (χ3n) is 7.78. The molecule has 1 nitrogen and oxygen atoms in total. The van der Waals surface area contributed by atoms with E-state index in [2.05, 4.69) is 157 Å². The molecule has 0 heterocycles. The van der Waals surface area contributed by atoms with Gasteiger partial charge in [0.05, 0.1) is 5.69 Å². The van der Waals surface area contributed by atoms with E-state index in [0.717, 1.165) is 33.7 Å². The van der Waals surface area contributed by atoms with Gasteiger partial charge in [0.1, 0.15) is 7.85 Å². The van der Waals surface area contributed by atoms with Crippen molar-refractivity contribution in [3.8, 4) is 33.4 Å². The van der Waals surface area contributed by atoms with Crippen molar-refractivity contribution in [2.75, 3.05) is 4.90 Å². The van der Waals surface area contributed by atoms with Gasteiger partial charge in [-0.05, 0) is 75.0 Å². The van der Waals surface area contributed by atoms with Crippen molar-refractivity contribution in [2.45, 2.75) is 0 Å². The molecular formula is C40H28BN. The minimum Gasteiger partial charge on any atom is -0.310 e.